The van der Waals surface area contributed by atoms with E-state index in [9.17, 15) is 14.3 Å². The third-order valence-corrected chi connectivity index (χ3v) is 4.15. The number of benzene rings is 1. The Hall–Kier alpha value is -1.98. The van der Waals surface area contributed by atoms with Crippen LogP contribution in [0.3, 0.4) is 0 Å². The number of carbonyl (C=O) groups is 1. The van der Waals surface area contributed by atoms with Crippen LogP contribution in [0.1, 0.15) is 28.8 Å². The van der Waals surface area contributed by atoms with Crippen LogP contribution in [-0.4, -0.2) is 34.0 Å². The lowest BCUT2D eigenvalue weighted by atomic mass is 9.85. The van der Waals surface area contributed by atoms with Crippen molar-refractivity contribution in [2.24, 2.45) is 0 Å². The van der Waals surface area contributed by atoms with Crippen molar-refractivity contribution in [3.63, 3.8) is 0 Å². The van der Waals surface area contributed by atoms with Crippen LogP contribution in [0.25, 0.3) is 0 Å². The summed E-state index contributed by atoms with van der Waals surface area (Å²) in [6.45, 7) is 0.863. The third-order valence-electron chi connectivity index (χ3n) is 4.15. The molecular weight excluding hydrogens is 319 g/mol. The lowest BCUT2D eigenvalue weighted by Gasteiger charge is -2.38. The Kier molecular flexibility index (Phi) is 5.34. The van der Waals surface area contributed by atoms with E-state index >= 15 is 0 Å². The van der Waals surface area contributed by atoms with E-state index in [4.69, 9.17) is 0 Å². The highest BCUT2D eigenvalue weighted by atomic mass is 35.5. The molecule has 1 aliphatic rings. The van der Waals surface area contributed by atoms with E-state index in [-0.39, 0.29) is 18.3 Å². The van der Waals surface area contributed by atoms with E-state index in [2.05, 4.69) is 4.98 Å². The molecule has 4 nitrogen and oxygen atoms in total. The van der Waals surface area contributed by atoms with Crippen LogP contribution < -0.4 is 0 Å². The van der Waals surface area contributed by atoms with Gasteiger partial charge in [-0.2, -0.15) is 0 Å². The normalized spacial score (nSPS) is 16.5. The monoisotopic (exact) mass is 336 g/mol. The Balaban J connectivity index is 0.00000192. The van der Waals surface area contributed by atoms with Gasteiger partial charge in [0.1, 0.15) is 5.82 Å². The maximum atomic E-state index is 13.2. The number of aromatic nitrogens is 1. The molecule has 1 aliphatic heterocycles. The fourth-order valence-electron chi connectivity index (χ4n) is 2.81. The topological polar surface area (TPSA) is 53.4 Å². The number of carbonyl (C=O) groups excluding carboxylic acids is 1. The van der Waals surface area contributed by atoms with Crippen LogP contribution in [0, 0.1) is 5.82 Å². The highest BCUT2D eigenvalue weighted by Gasteiger charge is 2.35. The van der Waals surface area contributed by atoms with Gasteiger partial charge in [0.15, 0.2) is 0 Å². The molecule has 0 radical (unpaired) electrons. The van der Waals surface area contributed by atoms with Crippen molar-refractivity contribution in [1.82, 2.24) is 9.88 Å². The number of nitrogens with zero attached hydrogens (tertiary/aromatic N) is 2. The second-order valence-corrected chi connectivity index (χ2v) is 5.58. The summed E-state index contributed by atoms with van der Waals surface area (Å²) >= 11 is 0. The summed E-state index contributed by atoms with van der Waals surface area (Å²) in [6, 6.07) is 9.32. The van der Waals surface area contributed by atoms with E-state index < -0.39 is 11.4 Å². The average Bonchev–Trinajstić information content (AvgIpc) is 2.56. The third kappa shape index (κ3) is 3.68. The van der Waals surface area contributed by atoms with Crippen LogP contribution in [0.2, 0.25) is 0 Å². The van der Waals surface area contributed by atoms with Crippen molar-refractivity contribution in [2.45, 2.75) is 18.4 Å². The molecule has 1 saturated heterocycles. The molecule has 1 amide bonds. The molecule has 1 N–H and O–H groups in total. The second-order valence-electron chi connectivity index (χ2n) is 5.58. The maximum Gasteiger partial charge on any atom is 0.253 e. The van der Waals surface area contributed by atoms with E-state index in [1.54, 1.807) is 29.4 Å². The largest absolute Gasteiger partial charge is 0.385 e. The zero-order chi connectivity index (χ0) is 15.6. The fourth-order valence-corrected chi connectivity index (χ4v) is 2.81. The zero-order valence-corrected chi connectivity index (χ0v) is 13.3. The predicted molar refractivity (Wildman–Crippen MR) is 86.9 cm³/mol. The van der Waals surface area contributed by atoms with Crippen LogP contribution in [0.4, 0.5) is 4.39 Å². The Morgan fingerprint density at radius 2 is 1.96 bits per heavy atom. The lowest BCUT2D eigenvalue weighted by Crippen LogP contribution is -2.45. The Morgan fingerprint density at radius 3 is 2.57 bits per heavy atom. The Bertz CT molecular complexity index is 673. The number of amides is 1. The molecule has 1 fully saturated rings. The minimum atomic E-state index is -0.951. The zero-order valence-electron chi connectivity index (χ0n) is 12.5. The van der Waals surface area contributed by atoms with Crippen LogP contribution >= 0.6 is 12.4 Å². The standard InChI is InChI=1S/C17H17FN2O2.ClH/c18-15-5-1-3-13(11-15)16(21)20-9-6-17(22,7-10-20)14-4-2-8-19-12-14;/h1-5,8,11-12,22H,6-7,9-10H2;1H. The molecule has 0 aliphatic carbocycles. The van der Waals surface area contributed by atoms with Crippen molar-refractivity contribution in [3.8, 4) is 0 Å². The van der Waals surface area contributed by atoms with Crippen molar-refractivity contribution >= 4 is 18.3 Å². The first-order valence-electron chi connectivity index (χ1n) is 7.26. The molecule has 2 heterocycles. The first-order valence-corrected chi connectivity index (χ1v) is 7.26. The number of hydrogen-bond donors (Lipinski definition) is 1. The quantitative estimate of drug-likeness (QED) is 0.917. The van der Waals surface area contributed by atoms with E-state index in [1.165, 1.54) is 18.2 Å². The SMILES string of the molecule is Cl.O=C(c1cccc(F)c1)N1CCC(O)(c2cccnc2)CC1. The molecule has 1 aromatic carbocycles. The number of pyridine rings is 1. The van der Waals surface area contributed by atoms with E-state index in [0.717, 1.165) is 5.56 Å². The summed E-state index contributed by atoms with van der Waals surface area (Å²) in [5.41, 5.74) is 0.159. The smallest absolute Gasteiger partial charge is 0.253 e. The summed E-state index contributed by atoms with van der Waals surface area (Å²) in [4.78, 5) is 18.1. The van der Waals surface area contributed by atoms with Gasteiger partial charge in [-0.25, -0.2) is 4.39 Å². The van der Waals surface area contributed by atoms with Gasteiger partial charge >= 0.3 is 0 Å². The molecule has 0 saturated carbocycles. The van der Waals surface area contributed by atoms with Gasteiger partial charge in [-0.15, -0.1) is 12.4 Å². The summed E-state index contributed by atoms with van der Waals surface area (Å²) in [5.74, 6) is -0.623. The minimum absolute atomic E-state index is 0. The molecule has 6 heteroatoms. The number of halogens is 2. The molecule has 0 unspecified atom stereocenters. The number of likely N-dealkylation sites (tertiary alicyclic amines) is 1. The number of piperidine rings is 1. The van der Waals surface area contributed by atoms with Crippen molar-refractivity contribution in [2.75, 3.05) is 13.1 Å². The molecule has 3 rings (SSSR count). The second kappa shape index (κ2) is 7.06. The van der Waals surface area contributed by atoms with Gasteiger partial charge in [0.2, 0.25) is 0 Å². The van der Waals surface area contributed by atoms with Crippen molar-refractivity contribution in [3.05, 3.63) is 65.7 Å². The van der Waals surface area contributed by atoms with Gasteiger partial charge in [-0.1, -0.05) is 12.1 Å². The van der Waals surface area contributed by atoms with Crippen LogP contribution in [-0.2, 0) is 5.60 Å². The Morgan fingerprint density at radius 1 is 1.22 bits per heavy atom. The van der Waals surface area contributed by atoms with Crippen LogP contribution in [0.15, 0.2) is 48.8 Å². The summed E-state index contributed by atoms with van der Waals surface area (Å²) in [6.07, 6.45) is 4.21. The van der Waals surface area contributed by atoms with Gasteiger partial charge in [-0.3, -0.25) is 9.78 Å². The molecule has 0 bridgehead atoms. The first-order chi connectivity index (χ1) is 10.6. The summed E-state index contributed by atoms with van der Waals surface area (Å²) in [7, 11) is 0. The van der Waals surface area contributed by atoms with Crippen molar-refractivity contribution < 1.29 is 14.3 Å². The molecule has 1 aromatic heterocycles. The molecule has 2 aromatic rings. The van der Waals surface area contributed by atoms with E-state index in [1.807, 2.05) is 6.07 Å². The van der Waals surface area contributed by atoms with Crippen LogP contribution in [0.5, 0.6) is 0 Å². The Labute approximate surface area is 140 Å². The van der Waals surface area contributed by atoms with Crippen molar-refractivity contribution in [1.29, 1.82) is 0 Å². The highest BCUT2D eigenvalue weighted by molar-refractivity contribution is 5.94. The molecule has 0 atom stereocenters. The molecule has 0 spiro atoms. The van der Waals surface area contributed by atoms with Gasteiger partial charge in [-0.05, 0) is 37.1 Å². The first kappa shape index (κ1) is 17.4. The highest BCUT2D eigenvalue weighted by Crippen LogP contribution is 2.32. The average molecular weight is 337 g/mol. The van der Waals surface area contributed by atoms with E-state index in [0.29, 0.717) is 31.5 Å². The van der Waals surface area contributed by atoms with Gasteiger partial charge in [0, 0.05) is 36.6 Å². The number of rotatable bonds is 2. The molecule has 23 heavy (non-hydrogen) atoms. The summed E-state index contributed by atoms with van der Waals surface area (Å²) in [5, 5.41) is 10.7. The molecular formula is C17H18ClFN2O2. The number of hydrogen-bond acceptors (Lipinski definition) is 3. The number of aliphatic hydroxyl groups is 1. The molecule has 122 valence electrons. The predicted octanol–water partition coefficient (Wildman–Crippen LogP) is 2.77. The lowest BCUT2D eigenvalue weighted by molar-refractivity contribution is -0.0213. The van der Waals surface area contributed by atoms with Gasteiger partial charge in [0.05, 0.1) is 5.60 Å². The minimum Gasteiger partial charge on any atom is -0.385 e. The van der Waals surface area contributed by atoms with Gasteiger partial charge in [0.25, 0.3) is 5.91 Å². The maximum absolute atomic E-state index is 13.2. The van der Waals surface area contributed by atoms with Gasteiger partial charge < -0.3 is 10.0 Å². The summed E-state index contributed by atoms with van der Waals surface area (Å²) < 4.78 is 13.2. The fraction of sp³-hybridized carbons (Fsp3) is 0.294.